The fourth-order valence-corrected chi connectivity index (χ4v) is 4.57. The minimum Gasteiger partial charge on any atom is -0.371 e. The van der Waals surface area contributed by atoms with Crippen LogP contribution in [0.25, 0.3) is 11.5 Å². The van der Waals surface area contributed by atoms with Gasteiger partial charge in [-0.3, -0.25) is 4.90 Å². The molecular formula is C21H24ClN5O. The van der Waals surface area contributed by atoms with E-state index in [2.05, 4.69) is 42.3 Å². The number of imidazole rings is 2. The minimum atomic E-state index is 0.106. The number of aryl methyl sites for hydroxylation is 1. The second kappa shape index (κ2) is 7.03. The maximum absolute atomic E-state index is 6.20. The van der Waals surface area contributed by atoms with E-state index in [1.165, 1.54) is 5.56 Å². The van der Waals surface area contributed by atoms with Crippen LogP contribution in [-0.2, 0) is 11.8 Å². The van der Waals surface area contributed by atoms with Crippen molar-refractivity contribution >= 4 is 11.6 Å². The Labute approximate surface area is 169 Å². The molecule has 0 unspecified atom stereocenters. The first-order valence-corrected chi connectivity index (χ1v) is 10.1. The second-order valence-corrected chi connectivity index (χ2v) is 8.22. The number of ether oxygens (including phenoxy) is 1. The zero-order chi connectivity index (χ0) is 19.3. The van der Waals surface area contributed by atoms with Gasteiger partial charge in [0.25, 0.3) is 0 Å². The van der Waals surface area contributed by atoms with Gasteiger partial charge in [0.2, 0.25) is 0 Å². The van der Waals surface area contributed by atoms with E-state index in [-0.39, 0.29) is 6.10 Å². The van der Waals surface area contributed by atoms with Crippen LogP contribution in [0.1, 0.15) is 30.0 Å². The van der Waals surface area contributed by atoms with E-state index in [4.69, 9.17) is 16.3 Å². The predicted molar refractivity (Wildman–Crippen MR) is 108 cm³/mol. The lowest BCUT2D eigenvalue weighted by Crippen LogP contribution is -2.42. The monoisotopic (exact) mass is 397 g/mol. The molecule has 5 rings (SSSR count). The average Bonchev–Trinajstić information content (AvgIpc) is 3.41. The van der Waals surface area contributed by atoms with Crippen LogP contribution in [-0.4, -0.2) is 49.7 Å². The normalized spacial score (nSPS) is 25.2. The van der Waals surface area contributed by atoms with Crippen molar-refractivity contribution in [3.8, 4) is 11.5 Å². The van der Waals surface area contributed by atoms with Gasteiger partial charge < -0.3 is 13.9 Å². The van der Waals surface area contributed by atoms with Crippen LogP contribution in [0.15, 0.2) is 42.9 Å². The third-order valence-corrected chi connectivity index (χ3v) is 6.40. The molecule has 0 bridgehead atoms. The lowest BCUT2D eigenvalue weighted by molar-refractivity contribution is -0.0502. The molecule has 2 aliphatic heterocycles. The Bertz CT molecular complexity index is 979. The Kier molecular flexibility index (Phi) is 4.50. The van der Waals surface area contributed by atoms with Gasteiger partial charge in [-0.15, -0.1) is 0 Å². The van der Waals surface area contributed by atoms with Crippen LogP contribution in [0.3, 0.4) is 0 Å². The highest BCUT2D eigenvalue weighted by Gasteiger charge is 2.39. The summed E-state index contributed by atoms with van der Waals surface area (Å²) in [6.45, 7) is 4.70. The van der Waals surface area contributed by atoms with E-state index < -0.39 is 0 Å². The summed E-state index contributed by atoms with van der Waals surface area (Å²) in [4.78, 5) is 11.6. The average molecular weight is 398 g/mol. The molecule has 0 radical (unpaired) electrons. The van der Waals surface area contributed by atoms with Crippen LogP contribution in [0.4, 0.5) is 0 Å². The highest BCUT2D eigenvalue weighted by Crippen LogP contribution is 2.36. The Morgan fingerprint density at radius 2 is 1.93 bits per heavy atom. The van der Waals surface area contributed by atoms with Gasteiger partial charge in [0, 0.05) is 49.6 Å². The van der Waals surface area contributed by atoms with Gasteiger partial charge >= 0.3 is 0 Å². The number of hydrogen-bond donors (Lipinski definition) is 0. The van der Waals surface area contributed by atoms with E-state index in [0.29, 0.717) is 12.1 Å². The van der Waals surface area contributed by atoms with Gasteiger partial charge in [0.1, 0.15) is 11.5 Å². The van der Waals surface area contributed by atoms with Crippen molar-refractivity contribution in [3.05, 3.63) is 59.3 Å². The summed E-state index contributed by atoms with van der Waals surface area (Å²) in [5, 5.41) is 0.761. The number of aromatic nitrogens is 4. The van der Waals surface area contributed by atoms with Crippen LogP contribution < -0.4 is 0 Å². The molecule has 0 spiro atoms. The topological polar surface area (TPSA) is 48.1 Å². The molecule has 0 amide bonds. The highest BCUT2D eigenvalue weighted by molar-refractivity contribution is 6.30. The Hall–Kier alpha value is -2.15. The molecule has 0 N–H and O–H groups in total. The van der Waals surface area contributed by atoms with E-state index in [0.717, 1.165) is 48.5 Å². The first-order valence-electron chi connectivity index (χ1n) is 9.73. The van der Waals surface area contributed by atoms with Crippen molar-refractivity contribution < 1.29 is 4.74 Å². The maximum Gasteiger partial charge on any atom is 0.158 e. The zero-order valence-corrected chi connectivity index (χ0v) is 16.9. The van der Waals surface area contributed by atoms with Gasteiger partial charge in [-0.05, 0) is 31.0 Å². The first kappa shape index (κ1) is 17.9. The van der Waals surface area contributed by atoms with Gasteiger partial charge in [-0.1, -0.05) is 23.7 Å². The molecule has 146 valence electrons. The number of fused-ring (bicyclic) bond motifs is 1. The molecule has 7 heteroatoms. The minimum absolute atomic E-state index is 0.106. The molecule has 2 aromatic heterocycles. The molecule has 28 heavy (non-hydrogen) atoms. The summed E-state index contributed by atoms with van der Waals surface area (Å²) in [6, 6.07) is 8.86. The summed E-state index contributed by atoms with van der Waals surface area (Å²) in [7, 11) is 2.04. The van der Waals surface area contributed by atoms with Crippen molar-refractivity contribution in [2.75, 3.05) is 19.7 Å². The largest absolute Gasteiger partial charge is 0.371 e. The SMILES string of the molecule is Cc1ncc(-c2nccn2[C@@H]2C[C@H]3CO[C@@H](c4ccc(Cl)cc4)CN3C2)n1C. The highest BCUT2D eigenvalue weighted by atomic mass is 35.5. The predicted octanol–water partition coefficient (Wildman–Crippen LogP) is 3.63. The third-order valence-electron chi connectivity index (χ3n) is 6.15. The van der Waals surface area contributed by atoms with Gasteiger partial charge in [-0.2, -0.15) is 0 Å². The summed E-state index contributed by atoms with van der Waals surface area (Å²) in [6.07, 6.45) is 7.08. The molecule has 2 aliphatic rings. The second-order valence-electron chi connectivity index (χ2n) is 7.78. The fourth-order valence-electron chi connectivity index (χ4n) is 4.44. The molecule has 3 aromatic rings. The van der Waals surface area contributed by atoms with E-state index in [9.17, 15) is 0 Å². The smallest absolute Gasteiger partial charge is 0.158 e. The molecule has 1 aromatic carbocycles. The number of benzene rings is 1. The third kappa shape index (κ3) is 3.05. The van der Waals surface area contributed by atoms with E-state index >= 15 is 0 Å². The van der Waals surface area contributed by atoms with Crippen LogP contribution >= 0.6 is 11.6 Å². The number of halogens is 1. The molecular weight excluding hydrogens is 374 g/mol. The molecule has 3 atom stereocenters. The van der Waals surface area contributed by atoms with E-state index in [1.54, 1.807) is 0 Å². The van der Waals surface area contributed by atoms with Crippen molar-refractivity contribution in [1.29, 1.82) is 0 Å². The number of nitrogens with zero attached hydrogens (tertiary/aromatic N) is 5. The van der Waals surface area contributed by atoms with Gasteiger partial charge in [-0.25, -0.2) is 9.97 Å². The Morgan fingerprint density at radius 1 is 1.11 bits per heavy atom. The maximum atomic E-state index is 6.20. The number of hydrogen-bond acceptors (Lipinski definition) is 4. The van der Waals surface area contributed by atoms with Crippen molar-refractivity contribution in [3.63, 3.8) is 0 Å². The van der Waals surface area contributed by atoms with Crippen LogP contribution in [0.2, 0.25) is 5.02 Å². The van der Waals surface area contributed by atoms with Crippen molar-refractivity contribution in [2.24, 2.45) is 7.05 Å². The summed E-state index contributed by atoms with van der Waals surface area (Å²) >= 11 is 6.03. The van der Waals surface area contributed by atoms with Crippen LogP contribution in [0.5, 0.6) is 0 Å². The quantitative estimate of drug-likeness (QED) is 0.677. The molecule has 0 saturated carbocycles. The van der Waals surface area contributed by atoms with Crippen molar-refractivity contribution in [1.82, 2.24) is 24.0 Å². The lowest BCUT2D eigenvalue weighted by Gasteiger charge is -2.35. The molecule has 2 saturated heterocycles. The number of rotatable bonds is 3. The zero-order valence-electron chi connectivity index (χ0n) is 16.1. The molecule has 4 heterocycles. The van der Waals surface area contributed by atoms with Crippen LogP contribution in [0, 0.1) is 6.92 Å². The lowest BCUT2D eigenvalue weighted by atomic mass is 10.1. The van der Waals surface area contributed by atoms with Gasteiger partial charge in [0.15, 0.2) is 5.82 Å². The molecule has 6 nitrogen and oxygen atoms in total. The van der Waals surface area contributed by atoms with Crippen molar-refractivity contribution in [2.45, 2.75) is 31.5 Å². The summed E-state index contributed by atoms with van der Waals surface area (Å²) < 4.78 is 10.6. The van der Waals surface area contributed by atoms with E-state index in [1.807, 2.05) is 38.5 Å². The Balaban J connectivity index is 1.35. The van der Waals surface area contributed by atoms with Gasteiger partial charge in [0.05, 0.1) is 18.9 Å². The molecule has 0 aliphatic carbocycles. The fraction of sp³-hybridized carbons (Fsp3) is 0.429. The Morgan fingerprint density at radius 3 is 2.68 bits per heavy atom. The molecule has 2 fully saturated rings. The summed E-state index contributed by atoms with van der Waals surface area (Å²) in [5.74, 6) is 1.98. The number of morpholine rings is 1. The standard InChI is InChI=1S/C21H24ClN5O/c1-14-24-10-19(25(14)2)21-23-7-8-27(21)17-9-18-13-28-20(12-26(18)11-17)15-3-5-16(22)6-4-15/h3-8,10,17-18,20H,9,11-13H2,1-2H3/t17-,18+,20-/m1/s1. The first-order chi connectivity index (χ1) is 13.6. The summed E-state index contributed by atoms with van der Waals surface area (Å²) in [5.41, 5.74) is 2.25.